The monoisotopic (exact) mass is 372 g/mol. The lowest BCUT2D eigenvalue weighted by Crippen LogP contribution is -2.21. The summed E-state index contributed by atoms with van der Waals surface area (Å²) in [6.45, 7) is 6.29. The molecule has 0 spiro atoms. The van der Waals surface area contributed by atoms with Crippen LogP contribution in [0.5, 0.6) is 0 Å². The molecule has 142 valence electrons. The summed E-state index contributed by atoms with van der Waals surface area (Å²) >= 11 is 0. The summed E-state index contributed by atoms with van der Waals surface area (Å²) < 4.78 is 1.95. The summed E-state index contributed by atoms with van der Waals surface area (Å²) in [5, 5.41) is 11.4. The van der Waals surface area contributed by atoms with E-state index in [-0.39, 0.29) is 5.57 Å². The molecule has 0 bridgehead atoms. The molecule has 0 saturated carbocycles. The van der Waals surface area contributed by atoms with Gasteiger partial charge in [0.05, 0.1) is 0 Å². The van der Waals surface area contributed by atoms with Crippen molar-refractivity contribution in [3.05, 3.63) is 59.8 Å². The molecule has 28 heavy (non-hydrogen) atoms. The Morgan fingerprint density at radius 3 is 2.43 bits per heavy atom. The number of carbonyl (C=O) groups excluding carboxylic acids is 1. The summed E-state index contributed by atoms with van der Waals surface area (Å²) in [5.74, 6) is -0.722. The first kappa shape index (κ1) is 19.2. The average molecular weight is 372 g/mol. The average Bonchev–Trinajstić information content (AvgIpc) is 3.06. The van der Waals surface area contributed by atoms with Crippen molar-refractivity contribution >= 4 is 28.4 Å². The maximum Gasteiger partial charge on any atom is 0.259 e. The molecule has 0 radical (unpaired) electrons. The zero-order valence-corrected chi connectivity index (χ0v) is 16.4. The molecule has 2 aromatic carbocycles. The van der Waals surface area contributed by atoms with Crippen molar-refractivity contribution in [2.75, 3.05) is 18.0 Å². The van der Waals surface area contributed by atoms with Gasteiger partial charge in [-0.2, -0.15) is 5.26 Å². The molecule has 3 aromatic rings. The Hall–Kier alpha value is -3.52. The van der Waals surface area contributed by atoms with Crippen LogP contribution in [0.2, 0.25) is 0 Å². The van der Waals surface area contributed by atoms with Crippen molar-refractivity contribution in [2.45, 2.75) is 13.8 Å². The molecule has 1 aromatic heterocycles. The number of nitrogens with two attached hydrogens (primary N) is 1. The van der Waals surface area contributed by atoms with Gasteiger partial charge in [-0.25, -0.2) is 0 Å². The summed E-state index contributed by atoms with van der Waals surface area (Å²) in [5.41, 5.74) is 9.23. The van der Waals surface area contributed by atoms with Gasteiger partial charge in [0.2, 0.25) is 0 Å². The number of fused-ring (bicyclic) bond motifs is 1. The molecule has 0 aliphatic heterocycles. The zero-order chi connectivity index (χ0) is 20.3. The number of benzene rings is 2. The Balaban J connectivity index is 2.00. The molecule has 1 heterocycles. The third kappa shape index (κ3) is 3.63. The third-order valence-corrected chi connectivity index (χ3v) is 5.09. The Bertz CT molecular complexity index is 1100. The summed E-state index contributed by atoms with van der Waals surface area (Å²) in [6, 6.07) is 18.6. The third-order valence-electron chi connectivity index (χ3n) is 5.09. The molecule has 1 amide bonds. The number of rotatable bonds is 6. The Labute approximate surface area is 165 Å². The van der Waals surface area contributed by atoms with Gasteiger partial charge in [-0.3, -0.25) is 4.79 Å². The highest BCUT2D eigenvalue weighted by Crippen LogP contribution is 2.29. The number of amides is 1. The Kier molecular flexibility index (Phi) is 5.51. The van der Waals surface area contributed by atoms with Crippen LogP contribution in [0.4, 0.5) is 5.69 Å². The lowest BCUT2D eigenvalue weighted by Gasteiger charge is -2.21. The lowest BCUT2D eigenvalue weighted by molar-refractivity contribution is -0.114. The molecule has 3 rings (SSSR count). The quantitative estimate of drug-likeness (QED) is 0.523. The zero-order valence-electron chi connectivity index (χ0n) is 16.4. The van der Waals surface area contributed by atoms with Gasteiger partial charge in [0.1, 0.15) is 11.6 Å². The van der Waals surface area contributed by atoms with Crippen LogP contribution in [-0.2, 0) is 11.8 Å². The smallest absolute Gasteiger partial charge is 0.259 e. The fourth-order valence-corrected chi connectivity index (χ4v) is 3.45. The molecule has 5 heteroatoms. The van der Waals surface area contributed by atoms with Gasteiger partial charge in [0.25, 0.3) is 5.91 Å². The molecule has 5 nitrogen and oxygen atoms in total. The number of hydrogen-bond acceptors (Lipinski definition) is 3. The van der Waals surface area contributed by atoms with Crippen LogP contribution >= 0.6 is 0 Å². The predicted octanol–water partition coefficient (Wildman–Crippen LogP) is 4.08. The molecule has 0 aliphatic carbocycles. The van der Waals surface area contributed by atoms with E-state index in [2.05, 4.69) is 55.1 Å². The van der Waals surface area contributed by atoms with E-state index >= 15 is 0 Å². The first-order valence-electron chi connectivity index (χ1n) is 9.35. The van der Waals surface area contributed by atoms with Gasteiger partial charge in [-0.1, -0.05) is 18.2 Å². The van der Waals surface area contributed by atoms with Crippen LogP contribution in [0, 0.1) is 11.3 Å². The SMILES string of the molecule is CCN(CC)c1ccc2cc(-c3ccc(/C=C(\C#N)C(N)=O)n3C)ccc2c1. The number of carbonyl (C=O) groups is 1. The fraction of sp³-hybridized carbons (Fsp3) is 0.217. The highest BCUT2D eigenvalue weighted by molar-refractivity contribution is 6.00. The minimum absolute atomic E-state index is 0.0600. The van der Waals surface area contributed by atoms with E-state index in [1.807, 2.05) is 29.8 Å². The second-order valence-electron chi connectivity index (χ2n) is 6.66. The molecule has 0 unspecified atom stereocenters. The van der Waals surface area contributed by atoms with Gasteiger partial charge in [-0.15, -0.1) is 0 Å². The second kappa shape index (κ2) is 8.01. The summed E-state index contributed by atoms with van der Waals surface area (Å²) in [7, 11) is 1.91. The van der Waals surface area contributed by atoms with Gasteiger partial charge < -0.3 is 15.2 Å². The minimum Gasteiger partial charge on any atom is -0.372 e. The van der Waals surface area contributed by atoms with Gasteiger partial charge in [0.15, 0.2) is 0 Å². The van der Waals surface area contributed by atoms with Gasteiger partial charge >= 0.3 is 0 Å². The Morgan fingerprint density at radius 2 is 1.79 bits per heavy atom. The normalized spacial score (nSPS) is 11.4. The topological polar surface area (TPSA) is 75.1 Å². The maximum atomic E-state index is 11.3. The predicted molar refractivity (Wildman–Crippen MR) is 115 cm³/mol. The first-order valence-corrected chi connectivity index (χ1v) is 9.35. The number of primary amides is 1. The number of nitriles is 1. The van der Waals surface area contributed by atoms with Crippen LogP contribution in [0.15, 0.2) is 54.1 Å². The minimum atomic E-state index is -0.722. The van der Waals surface area contributed by atoms with Crippen molar-refractivity contribution in [2.24, 2.45) is 12.8 Å². The standard InChI is InChI=1S/C23H24N4O/c1-4-27(5-2)21-9-8-16-12-18(7-6-17(16)13-21)22-11-10-20(26(22)3)14-19(15-24)23(25)28/h6-14H,4-5H2,1-3H3,(H2,25,28)/b19-14+. The van der Waals surface area contributed by atoms with Gasteiger partial charge in [-0.05, 0) is 66.6 Å². The number of aromatic nitrogens is 1. The maximum absolute atomic E-state index is 11.3. The highest BCUT2D eigenvalue weighted by Gasteiger charge is 2.10. The van der Waals surface area contributed by atoms with Crippen LogP contribution in [0.1, 0.15) is 19.5 Å². The molecular weight excluding hydrogens is 348 g/mol. The molecule has 0 aliphatic rings. The summed E-state index contributed by atoms with van der Waals surface area (Å²) in [4.78, 5) is 13.6. The summed E-state index contributed by atoms with van der Waals surface area (Å²) in [6.07, 6.45) is 1.52. The van der Waals surface area contributed by atoms with Crippen LogP contribution < -0.4 is 10.6 Å². The largest absolute Gasteiger partial charge is 0.372 e. The van der Waals surface area contributed by atoms with Crippen molar-refractivity contribution in [3.8, 4) is 17.3 Å². The fourth-order valence-electron chi connectivity index (χ4n) is 3.45. The van der Waals surface area contributed by atoms with Crippen molar-refractivity contribution in [3.63, 3.8) is 0 Å². The van der Waals surface area contributed by atoms with E-state index in [9.17, 15) is 4.79 Å². The van der Waals surface area contributed by atoms with E-state index in [4.69, 9.17) is 11.0 Å². The van der Waals surface area contributed by atoms with Gasteiger partial charge in [0, 0.05) is 37.2 Å². The van der Waals surface area contributed by atoms with E-state index in [0.717, 1.165) is 30.0 Å². The molecule has 0 atom stereocenters. The number of nitrogens with zero attached hydrogens (tertiary/aromatic N) is 3. The van der Waals surface area contributed by atoms with Crippen LogP contribution in [-0.4, -0.2) is 23.6 Å². The lowest BCUT2D eigenvalue weighted by atomic mass is 10.0. The van der Waals surface area contributed by atoms with Crippen molar-refractivity contribution < 1.29 is 4.79 Å². The van der Waals surface area contributed by atoms with E-state index in [0.29, 0.717) is 0 Å². The van der Waals surface area contributed by atoms with Crippen molar-refractivity contribution in [1.29, 1.82) is 5.26 Å². The Morgan fingerprint density at radius 1 is 1.11 bits per heavy atom. The van der Waals surface area contributed by atoms with E-state index in [1.54, 1.807) is 0 Å². The molecule has 0 fully saturated rings. The highest BCUT2D eigenvalue weighted by atomic mass is 16.1. The second-order valence-corrected chi connectivity index (χ2v) is 6.66. The number of hydrogen-bond donors (Lipinski definition) is 1. The molecule has 2 N–H and O–H groups in total. The van der Waals surface area contributed by atoms with Crippen LogP contribution in [0.25, 0.3) is 28.1 Å². The molecule has 0 saturated heterocycles. The van der Waals surface area contributed by atoms with Crippen LogP contribution in [0.3, 0.4) is 0 Å². The van der Waals surface area contributed by atoms with E-state index in [1.165, 1.54) is 22.5 Å². The van der Waals surface area contributed by atoms with E-state index < -0.39 is 5.91 Å². The molecular formula is C23H24N4O. The first-order chi connectivity index (χ1) is 13.5. The van der Waals surface area contributed by atoms with Crippen molar-refractivity contribution in [1.82, 2.24) is 4.57 Å². The number of anilines is 1.